The summed E-state index contributed by atoms with van der Waals surface area (Å²) < 4.78 is 26.8. The molecular weight excluding hydrogens is 489 g/mol. The predicted molar refractivity (Wildman–Crippen MR) is 130 cm³/mol. The molecule has 0 aliphatic heterocycles. The zero-order chi connectivity index (χ0) is 23.4. The van der Waals surface area contributed by atoms with Crippen molar-refractivity contribution in [1.82, 2.24) is 9.66 Å². The number of hydrogen-bond donors (Lipinski definition) is 0. The monoisotopic (exact) mass is 509 g/mol. The van der Waals surface area contributed by atoms with Crippen LogP contribution in [0.1, 0.15) is 23.9 Å². The number of aryl methyl sites for hydroxylation is 1. The third-order valence-electron chi connectivity index (χ3n) is 4.87. The average Bonchev–Trinajstić information content (AvgIpc) is 2.80. The second-order valence-electron chi connectivity index (χ2n) is 7.24. The van der Waals surface area contributed by atoms with E-state index in [0.717, 1.165) is 15.6 Å². The molecule has 0 unspecified atom stereocenters. The van der Waals surface area contributed by atoms with Crippen molar-refractivity contribution in [1.29, 1.82) is 0 Å². The SMILES string of the molecule is CCOc1cc(C=Nn2c(C)nc3ccc(Br)cc3c2=O)ccc1OCc1ccc(F)cc1. The number of nitrogens with zero attached hydrogens (tertiary/aromatic N) is 3. The summed E-state index contributed by atoms with van der Waals surface area (Å²) in [6, 6.07) is 16.9. The van der Waals surface area contributed by atoms with Gasteiger partial charge in [-0.25, -0.2) is 9.37 Å². The molecule has 0 aliphatic rings. The molecule has 33 heavy (non-hydrogen) atoms. The smallest absolute Gasteiger partial charge is 0.282 e. The minimum absolute atomic E-state index is 0.251. The molecule has 0 bridgehead atoms. The molecule has 0 atom stereocenters. The highest BCUT2D eigenvalue weighted by atomic mass is 79.9. The maximum Gasteiger partial charge on any atom is 0.282 e. The first kappa shape index (κ1) is 22.7. The van der Waals surface area contributed by atoms with Crippen LogP contribution in [-0.2, 0) is 6.61 Å². The molecule has 3 aromatic carbocycles. The van der Waals surface area contributed by atoms with Crippen molar-refractivity contribution in [2.24, 2.45) is 5.10 Å². The maximum atomic E-state index is 13.1. The molecule has 8 heteroatoms. The van der Waals surface area contributed by atoms with Crippen LogP contribution in [0.15, 0.2) is 75.0 Å². The van der Waals surface area contributed by atoms with Gasteiger partial charge in [-0.15, -0.1) is 0 Å². The van der Waals surface area contributed by atoms with Crippen molar-refractivity contribution in [2.45, 2.75) is 20.5 Å². The fourth-order valence-corrected chi connectivity index (χ4v) is 3.62. The van der Waals surface area contributed by atoms with E-state index >= 15 is 0 Å². The molecule has 0 fully saturated rings. The van der Waals surface area contributed by atoms with Gasteiger partial charge in [0, 0.05) is 4.47 Å². The largest absolute Gasteiger partial charge is 0.490 e. The lowest BCUT2D eigenvalue weighted by Crippen LogP contribution is -2.20. The highest BCUT2D eigenvalue weighted by Crippen LogP contribution is 2.29. The van der Waals surface area contributed by atoms with Crippen LogP contribution in [-0.4, -0.2) is 22.5 Å². The van der Waals surface area contributed by atoms with Crippen LogP contribution in [0.4, 0.5) is 4.39 Å². The lowest BCUT2D eigenvalue weighted by atomic mass is 10.2. The quantitative estimate of drug-likeness (QED) is 0.310. The molecule has 1 heterocycles. The van der Waals surface area contributed by atoms with Gasteiger partial charge in [-0.2, -0.15) is 9.78 Å². The molecule has 0 radical (unpaired) electrons. The zero-order valence-electron chi connectivity index (χ0n) is 18.1. The van der Waals surface area contributed by atoms with Crippen LogP contribution < -0.4 is 15.0 Å². The lowest BCUT2D eigenvalue weighted by molar-refractivity contribution is 0.269. The molecule has 0 N–H and O–H groups in total. The first-order chi connectivity index (χ1) is 15.9. The number of halogens is 2. The van der Waals surface area contributed by atoms with Crippen molar-refractivity contribution in [2.75, 3.05) is 6.61 Å². The van der Waals surface area contributed by atoms with E-state index in [1.165, 1.54) is 16.8 Å². The topological polar surface area (TPSA) is 65.7 Å². The molecule has 0 spiro atoms. The zero-order valence-corrected chi connectivity index (χ0v) is 19.7. The Morgan fingerprint density at radius 3 is 2.61 bits per heavy atom. The van der Waals surface area contributed by atoms with E-state index in [1.54, 1.807) is 49.5 Å². The van der Waals surface area contributed by atoms with Gasteiger partial charge in [-0.1, -0.05) is 28.1 Å². The van der Waals surface area contributed by atoms with Crippen LogP contribution in [0.25, 0.3) is 10.9 Å². The van der Waals surface area contributed by atoms with Gasteiger partial charge in [0.15, 0.2) is 11.5 Å². The van der Waals surface area contributed by atoms with Gasteiger partial charge in [0.1, 0.15) is 18.2 Å². The van der Waals surface area contributed by atoms with Gasteiger partial charge in [-0.05, 0) is 73.5 Å². The van der Waals surface area contributed by atoms with Crippen molar-refractivity contribution in [3.63, 3.8) is 0 Å². The van der Waals surface area contributed by atoms with Crippen molar-refractivity contribution >= 4 is 33.0 Å². The summed E-state index contributed by atoms with van der Waals surface area (Å²) in [5, 5.41) is 4.84. The van der Waals surface area contributed by atoms with E-state index in [9.17, 15) is 9.18 Å². The van der Waals surface area contributed by atoms with E-state index in [0.29, 0.717) is 34.8 Å². The van der Waals surface area contributed by atoms with Crippen molar-refractivity contribution in [3.8, 4) is 11.5 Å². The van der Waals surface area contributed by atoms with Crippen LogP contribution in [0.2, 0.25) is 0 Å². The number of aromatic nitrogens is 2. The van der Waals surface area contributed by atoms with Gasteiger partial charge in [-0.3, -0.25) is 4.79 Å². The Labute approximate surface area is 198 Å². The van der Waals surface area contributed by atoms with Gasteiger partial charge in [0.25, 0.3) is 5.56 Å². The van der Waals surface area contributed by atoms with E-state index in [2.05, 4.69) is 26.0 Å². The average molecular weight is 510 g/mol. The minimum Gasteiger partial charge on any atom is -0.490 e. The third kappa shape index (κ3) is 5.28. The molecule has 0 saturated heterocycles. The normalized spacial score (nSPS) is 11.3. The van der Waals surface area contributed by atoms with Gasteiger partial charge < -0.3 is 9.47 Å². The molecule has 1 aromatic heterocycles. The molecule has 6 nitrogen and oxygen atoms in total. The van der Waals surface area contributed by atoms with E-state index in [-0.39, 0.29) is 18.0 Å². The molecule has 0 saturated carbocycles. The summed E-state index contributed by atoms with van der Waals surface area (Å²) >= 11 is 3.39. The fraction of sp³-hybridized carbons (Fsp3) is 0.160. The van der Waals surface area contributed by atoms with Gasteiger partial charge in [0.2, 0.25) is 0 Å². The standard InChI is InChI=1S/C25H21BrFN3O3/c1-3-32-24-12-18(6-11-23(24)33-15-17-4-8-20(27)9-5-17)14-28-30-16(2)29-22-10-7-19(26)13-21(22)25(30)31/h4-14H,3,15H2,1-2H3. The van der Waals surface area contributed by atoms with Crippen molar-refractivity contribution in [3.05, 3.63) is 98.3 Å². The Hall–Kier alpha value is -3.52. The summed E-state index contributed by atoms with van der Waals surface area (Å²) in [6.45, 7) is 4.35. The highest BCUT2D eigenvalue weighted by Gasteiger charge is 2.09. The molecule has 0 aliphatic carbocycles. The fourth-order valence-electron chi connectivity index (χ4n) is 3.25. The Bertz CT molecular complexity index is 1380. The summed E-state index contributed by atoms with van der Waals surface area (Å²) in [5.41, 5.74) is 1.94. The van der Waals surface area contributed by atoms with Gasteiger partial charge >= 0.3 is 0 Å². The summed E-state index contributed by atoms with van der Waals surface area (Å²) in [5.74, 6) is 1.30. The van der Waals surface area contributed by atoms with Crippen LogP contribution in [0.5, 0.6) is 11.5 Å². The maximum absolute atomic E-state index is 13.1. The Kier molecular flexibility index (Phi) is 6.84. The summed E-state index contributed by atoms with van der Waals surface area (Å²) in [6.07, 6.45) is 1.58. The predicted octanol–water partition coefficient (Wildman–Crippen LogP) is 5.47. The van der Waals surface area contributed by atoms with Crippen molar-refractivity contribution < 1.29 is 13.9 Å². The van der Waals surface area contributed by atoms with Crippen LogP contribution in [0, 0.1) is 12.7 Å². The van der Waals surface area contributed by atoms with Crippen LogP contribution >= 0.6 is 15.9 Å². The molecular formula is C25H21BrFN3O3. The lowest BCUT2D eigenvalue weighted by Gasteiger charge is -2.13. The first-order valence-electron chi connectivity index (χ1n) is 10.3. The number of benzene rings is 3. The second-order valence-corrected chi connectivity index (χ2v) is 8.15. The van der Waals surface area contributed by atoms with E-state index in [1.807, 2.05) is 19.1 Å². The Balaban J connectivity index is 1.60. The molecule has 4 rings (SSSR count). The molecule has 4 aromatic rings. The minimum atomic E-state index is -0.291. The van der Waals surface area contributed by atoms with E-state index < -0.39 is 0 Å². The molecule has 168 valence electrons. The summed E-state index contributed by atoms with van der Waals surface area (Å²) in [4.78, 5) is 17.4. The summed E-state index contributed by atoms with van der Waals surface area (Å²) in [7, 11) is 0. The van der Waals surface area contributed by atoms with E-state index in [4.69, 9.17) is 9.47 Å². The van der Waals surface area contributed by atoms with Gasteiger partial charge in [0.05, 0.1) is 23.7 Å². The number of rotatable bonds is 7. The number of hydrogen-bond acceptors (Lipinski definition) is 5. The first-order valence-corrected chi connectivity index (χ1v) is 11.1. The third-order valence-corrected chi connectivity index (χ3v) is 5.36. The highest BCUT2D eigenvalue weighted by molar-refractivity contribution is 9.10. The second kappa shape index (κ2) is 9.95. The molecule has 0 amide bonds. The number of ether oxygens (including phenoxy) is 2. The Morgan fingerprint density at radius 1 is 1.06 bits per heavy atom. The number of fused-ring (bicyclic) bond motifs is 1. The van der Waals surface area contributed by atoms with Crippen LogP contribution in [0.3, 0.4) is 0 Å². The Morgan fingerprint density at radius 2 is 1.85 bits per heavy atom.